The predicted molar refractivity (Wildman–Crippen MR) is 207 cm³/mol. The van der Waals surface area contributed by atoms with E-state index in [1.807, 2.05) is 60.7 Å². The van der Waals surface area contributed by atoms with Crippen LogP contribution in [0.2, 0.25) is 0 Å². The lowest BCUT2D eigenvalue weighted by atomic mass is 10.0. The van der Waals surface area contributed by atoms with Crippen LogP contribution in [0.15, 0.2) is 146 Å². The summed E-state index contributed by atoms with van der Waals surface area (Å²) in [5, 5.41) is 41.2. The number of anilines is 1. The van der Waals surface area contributed by atoms with Crippen molar-refractivity contribution in [3.63, 3.8) is 0 Å². The molecule has 6 heteroatoms. The van der Waals surface area contributed by atoms with Gasteiger partial charge in [-0.2, -0.15) is 0 Å². The minimum absolute atomic E-state index is 0.119. The van der Waals surface area contributed by atoms with Gasteiger partial charge < -0.3 is 30.5 Å². The maximum absolute atomic E-state index is 10.1. The quantitative estimate of drug-likeness (QED) is 0.0838. The van der Waals surface area contributed by atoms with E-state index in [2.05, 4.69) is 66.7 Å². The highest BCUT2D eigenvalue weighted by Crippen LogP contribution is 2.43. The third-order valence-electron chi connectivity index (χ3n) is 8.94. The van der Waals surface area contributed by atoms with Gasteiger partial charge in [0.2, 0.25) is 0 Å². The molecule has 9 aromatic rings. The van der Waals surface area contributed by atoms with Gasteiger partial charge in [-0.25, -0.2) is 0 Å². The van der Waals surface area contributed by atoms with Gasteiger partial charge in [0.1, 0.15) is 17.2 Å². The lowest BCUT2D eigenvalue weighted by molar-refractivity contribution is 0.408. The van der Waals surface area contributed by atoms with E-state index in [0.717, 1.165) is 49.5 Å². The molecule has 5 N–H and O–H groups in total. The average Bonchev–Trinajstić information content (AvgIpc) is 3.15. The molecule has 9 rings (SSSR count). The van der Waals surface area contributed by atoms with Crippen LogP contribution in [-0.2, 0) is 0 Å². The van der Waals surface area contributed by atoms with E-state index in [-0.39, 0.29) is 17.2 Å². The summed E-state index contributed by atoms with van der Waals surface area (Å²) in [6.07, 6.45) is 0. The first-order valence-corrected chi connectivity index (χ1v) is 16.1. The Kier molecular flexibility index (Phi) is 8.59. The van der Waals surface area contributed by atoms with Gasteiger partial charge in [0.25, 0.3) is 0 Å². The van der Waals surface area contributed by atoms with Crippen LogP contribution in [0.25, 0.3) is 64.6 Å². The molecule has 6 nitrogen and oxygen atoms in total. The fourth-order valence-electron chi connectivity index (χ4n) is 6.54. The number of phenols is 3. The molecule has 0 atom stereocenters. The number of nitrogen functional groups attached to an aromatic ring is 1. The van der Waals surface area contributed by atoms with Gasteiger partial charge >= 0.3 is 0 Å². The SMILES string of the molecule is COc1c2ccccc2c(OC)c2ccccc12.Nc1ccc2cc3ccccc3cc2c1.Oc1ccc2c(O)c3ccccc3cc2c1O. The Balaban J connectivity index is 0.000000118. The smallest absolute Gasteiger partial charge is 0.165 e. The largest absolute Gasteiger partial charge is 0.507 e. The predicted octanol–water partition coefficient (Wildman–Crippen LogP) is 10.7. The minimum atomic E-state index is -0.205. The molecular formula is C44H35NO5. The van der Waals surface area contributed by atoms with Crippen LogP contribution in [-0.4, -0.2) is 29.5 Å². The summed E-state index contributed by atoms with van der Waals surface area (Å²) in [6, 6.07) is 47.1. The summed E-state index contributed by atoms with van der Waals surface area (Å²) >= 11 is 0. The first-order valence-electron chi connectivity index (χ1n) is 16.1. The summed E-state index contributed by atoms with van der Waals surface area (Å²) in [6.45, 7) is 0. The van der Waals surface area contributed by atoms with Gasteiger partial charge in [-0.05, 0) is 69.4 Å². The number of aromatic hydroxyl groups is 3. The molecule has 0 bridgehead atoms. The molecule has 0 saturated carbocycles. The molecule has 0 saturated heterocycles. The van der Waals surface area contributed by atoms with Crippen molar-refractivity contribution in [2.24, 2.45) is 0 Å². The summed E-state index contributed by atoms with van der Waals surface area (Å²) < 4.78 is 11.2. The molecule has 0 heterocycles. The van der Waals surface area contributed by atoms with Crippen molar-refractivity contribution < 1.29 is 24.8 Å². The lowest BCUT2D eigenvalue weighted by Crippen LogP contribution is -1.92. The third kappa shape index (κ3) is 5.84. The monoisotopic (exact) mass is 657 g/mol. The number of hydrogen-bond acceptors (Lipinski definition) is 6. The molecule has 9 aromatic carbocycles. The van der Waals surface area contributed by atoms with E-state index in [1.165, 1.54) is 27.6 Å². The number of hydrogen-bond donors (Lipinski definition) is 4. The van der Waals surface area contributed by atoms with Crippen LogP contribution in [0, 0.1) is 0 Å². The van der Waals surface area contributed by atoms with E-state index in [0.29, 0.717) is 10.8 Å². The average molecular weight is 658 g/mol. The first-order chi connectivity index (χ1) is 24.4. The zero-order valence-electron chi connectivity index (χ0n) is 27.6. The number of ether oxygens (including phenoxy) is 2. The molecule has 0 aliphatic carbocycles. The zero-order chi connectivity index (χ0) is 34.8. The van der Waals surface area contributed by atoms with Crippen molar-refractivity contribution in [2.75, 3.05) is 20.0 Å². The van der Waals surface area contributed by atoms with Crippen molar-refractivity contribution in [1.29, 1.82) is 0 Å². The van der Waals surface area contributed by atoms with E-state index < -0.39 is 0 Å². The van der Waals surface area contributed by atoms with Crippen molar-refractivity contribution >= 4 is 70.3 Å². The lowest BCUT2D eigenvalue weighted by Gasteiger charge is -2.14. The van der Waals surface area contributed by atoms with Crippen LogP contribution in [0.1, 0.15) is 0 Å². The molecule has 0 aliphatic heterocycles. The Morgan fingerprint density at radius 3 is 1.38 bits per heavy atom. The van der Waals surface area contributed by atoms with Crippen LogP contribution < -0.4 is 15.2 Å². The molecule has 0 aliphatic rings. The highest BCUT2D eigenvalue weighted by atomic mass is 16.5. The molecule has 0 fully saturated rings. The number of benzene rings is 9. The summed E-state index contributed by atoms with van der Waals surface area (Å²) in [4.78, 5) is 0. The minimum Gasteiger partial charge on any atom is -0.507 e. The normalized spacial score (nSPS) is 10.9. The van der Waals surface area contributed by atoms with Gasteiger partial charge in [-0.1, -0.05) is 103 Å². The number of fused-ring (bicyclic) bond motifs is 6. The number of phenolic OH excluding ortho intramolecular Hbond substituents is 3. The fraction of sp³-hybridized carbons (Fsp3) is 0.0455. The van der Waals surface area contributed by atoms with Crippen LogP contribution in [0.5, 0.6) is 28.7 Å². The zero-order valence-corrected chi connectivity index (χ0v) is 27.6. The highest BCUT2D eigenvalue weighted by Gasteiger charge is 2.14. The second-order valence-electron chi connectivity index (χ2n) is 11.9. The van der Waals surface area contributed by atoms with Crippen LogP contribution in [0.4, 0.5) is 5.69 Å². The molecule has 50 heavy (non-hydrogen) atoms. The van der Waals surface area contributed by atoms with Crippen LogP contribution >= 0.6 is 0 Å². The maximum Gasteiger partial charge on any atom is 0.165 e. The van der Waals surface area contributed by atoms with Crippen molar-refractivity contribution in [1.82, 2.24) is 0 Å². The number of rotatable bonds is 2. The van der Waals surface area contributed by atoms with E-state index in [9.17, 15) is 15.3 Å². The molecule has 0 unspecified atom stereocenters. The van der Waals surface area contributed by atoms with E-state index in [1.54, 1.807) is 26.4 Å². The Morgan fingerprint density at radius 2 is 0.840 bits per heavy atom. The summed E-state index contributed by atoms with van der Waals surface area (Å²) in [5.41, 5.74) is 6.59. The van der Waals surface area contributed by atoms with Gasteiger partial charge in [0, 0.05) is 43.4 Å². The van der Waals surface area contributed by atoms with E-state index in [4.69, 9.17) is 15.2 Å². The molecule has 246 valence electrons. The van der Waals surface area contributed by atoms with Gasteiger partial charge in [-0.3, -0.25) is 0 Å². The van der Waals surface area contributed by atoms with Gasteiger partial charge in [0.05, 0.1) is 14.2 Å². The van der Waals surface area contributed by atoms with Gasteiger partial charge in [-0.15, -0.1) is 0 Å². The highest BCUT2D eigenvalue weighted by molar-refractivity contribution is 6.11. The van der Waals surface area contributed by atoms with E-state index >= 15 is 0 Å². The Morgan fingerprint density at radius 1 is 0.380 bits per heavy atom. The Bertz CT molecular complexity index is 2570. The molecule has 0 spiro atoms. The molecule has 0 amide bonds. The standard InChI is InChI=1S/C16H14O2.C14H11N.C14H10O3/c1-17-15-11-7-3-5-9-13(11)16(18-2)14-10-6-4-8-12(14)15;15-14-6-5-12-7-10-3-1-2-4-11(10)8-13(12)9-14;15-12-6-5-10-11(14(12)17)7-8-3-1-2-4-9(8)13(10)16/h3-10H,1-2H3;1-9H,15H2;1-7,15-17H. The second-order valence-corrected chi connectivity index (χ2v) is 11.9. The fourth-order valence-corrected chi connectivity index (χ4v) is 6.54. The second kappa shape index (κ2) is 13.5. The van der Waals surface area contributed by atoms with Crippen LogP contribution in [0.3, 0.4) is 0 Å². The van der Waals surface area contributed by atoms with Gasteiger partial charge in [0.15, 0.2) is 11.5 Å². The topological polar surface area (TPSA) is 105 Å². The molecular weight excluding hydrogens is 622 g/mol. The number of methoxy groups -OCH3 is 2. The van der Waals surface area contributed by atoms with Crippen molar-refractivity contribution in [2.45, 2.75) is 0 Å². The maximum atomic E-state index is 10.1. The third-order valence-corrected chi connectivity index (χ3v) is 8.94. The first kappa shape index (κ1) is 31.9. The Hall–Kier alpha value is -6.66. The number of nitrogens with two attached hydrogens (primary N) is 1. The Labute approximate surface area is 288 Å². The summed E-state index contributed by atoms with van der Waals surface area (Å²) in [5.74, 6) is 1.54. The van der Waals surface area contributed by atoms with Crippen molar-refractivity contribution in [3.05, 3.63) is 146 Å². The van der Waals surface area contributed by atoms with Crippen molar-refractivity contribution in [3.8, 4) is 28.7 Å². The summed E-state index contributed by atoms with van der Waals surface area (Å²) in [7, 11) is 3.42. The molecule has 0 aromatic heterocycles. The molecule has 0 radical (unpaired) electrons.